The molecule has 0 bridgehead atoms. The number of rotatable bonds is 3. The van der Waals surface area contributed by atoms with Crippen molar-refractivity contribution < 1.29 is 14.3 Å². The van der Waals surface area contributed by atoms with E-state index in [1.807, 2.05) is 0 Å². The van der Waals surface area contributed by atoms with E-state index < -0.39 is 5.82 Å². The SMILES string of the molecule is Cc1ccc(F)c(Oc2nccnc2C(N)=NO)c1. The fourth-order valence-electron chi connectivity index (χ4n) is 1.42. The number of ether oxygens (including phenoxy) is 1. The zero-order valence-electron chi connectivity index (χ0n) is 10.0. The van der Waals surface area contributed by atoms with Crippen LogP contribution in [0, 0.1) is 12.7 Å². The van der Waals surface area contributed by atoms with Gasteiger partial charge in [0.25, 0.3) is 0 Å². The van der Waals surface area contributed by atoms with E-state index in [9.17, 15) is 4.39 Å². The van der Waals surface area contributed by atoms with Crippen LogP contribution < -0.4 is 10.5 Å². The predicted octanol–water partition coefficient (Wildman–Crippen LogP) is 1.81. The Morgan fingerprint density at radius 3 is 2.84 bits per heavy atom. The van der Waals surface area contributed by atoms with Crippen LogP contribution in [0.5, 0.6) is 11.6 Å². The van der Waals surface area contributed by atoms with Crippen molar-refractivity contribution in [3.63, 3.8) is 0 Å². The van der Waals surface area contributed by atoms with Crippen LogP contribution >= 0.6 is 0 Å². The lowest BCUT2D eigenvalue weighted by atomic mass is 10.2. The van der Waals surface area contributed by atoms with Gasteiger partial charge < -0.3 is 15.7 Å². The molecule has 0 saturated heterocycles. The van der Waals surface area contributed by atoms with Gasteiger partial charge in [0.2, 0.25) is 5.88 Å². The van der Waals surface area contributed by atoms with Gasteiger partial charge in [0.1, 0.15) is 0 Å². The molecule has 0 unspecified atom stereocenters. The van der Waals surface area contributed by atoms with E-state index in [1.54, 1.807) is 13.0 Å². The molecule has 2 aromatic rings. The molecule has 0 fully saturated rings. The number of halogens is 1. The molecule has 0 spiro atoms. The van der Waals surface area contributed by atoms with Crippen molar-refractivity contribution in [3.8, 4) is 11.6 Å². The Kier molecular flexibility index (Phi) is 3.56. The first-order valence-corrected chi connectivity index (χ1v) is 5.34. The zero-order valence-corrected chi connectivity index (χ0v) is 10.0. The Bertz CT molecular complexity index is 631. The molecule has 1 heterocycles. The maximum absolute atomic E-state index is 13.6. The Balaban J connectivity index is 2.41. The second-order valence-electron chi connectivity index (χ2n) is 3.73. The van der Waals surface area contributed by atoms with Gasteiger partial charge in [0.05, 0.1) is 0 Å². The van der Waals surface area contributed by atoms with Crippen LogP contribution in [0.1, 0.15) is 11.3 Å². The molecule has 2 rings (SSSR count). The molecule has 1 aromatic heterocycles. The van der Waals surface area contributed by atoms with Gasteiger partial charge in [0, 0.05) is 12.4 Å². The van der Waals surface area contributed by atoms with Gasteiger partial charge in [-0.25, -0.2) is 14.4 Å². The fraction of sp³-hybridized carbons (Fsp3) is 0.0833. The van der Waals surface area contributed by atoms with E-state index in [2.05, 4.69) is 15.1 Å². The largest absolute Gasteiger partial charge is 0.434 e. The molecule has 3 N–H and O–H groups in total. The highest BCUT2D eigenvalue weighted by Gasteiger charge is 2.14. The summed E-state index contributed by atoms with van der Waals surface area (Å²) in [6, 6.07) is 4.41. The quantitative estimate of drug-likeness (QED) is 0.381. The van der Waals surface area contributed by atoms with Gasteiger partial charge in [0.15, 0.2) is 23.1 Å². The van der Waals surface area contributed by atoms with Gasteiger partial charge >= 0.3 is 0 Å². The van der Waals surface area contributed by atoms with Gasteiger partial charge in [-0.15, -0.1) is 0 Å². The standard InChI is InChI=1S/C12H11FN4O2/c1-7-2-3-8(13)9(6-7)19-12-10(11(14)17-18)15-4-5-16-12/h2-6,18H,1H3,(H2,14,17). The van der Waals surface area contributed by atoms with E-state index >= 15 is 0 Å². The number of hydrogen-bond donors (Lipinski definition) is 2. The Hall–Kier alpha value is -2.70. The summed E-state index contributed by atoms with van der Waals surface area (Å²) in [4.78, 5) is 7.76. The van der Waals surface area contributed by atoms with E-state index in [0.29, 0.717) is 0 Å². The number of nitrogens with zero attached hydrogens (tertiary/aromatic N) is 3. The number of hydrogen-bond acceptors (Lipinski definition) is 5. The second kappa shape index (κ2) is 5.30. The van der Waals surface area contributed by atoms with Crippen molar-refractivity contribution in [2.24, 2.45) is 10.9 Å². The minimum Gasteiger partial charge on any atom is -0.434 e. The van der Waals surface area contributed by atoms with Gasteiger partial charge in [-0.2, -0.15) is 0 Å². The smallest absolute Gasteiger partial charge is 0.249 e. The Labute approximate surface area is 108 Å². The Morgan fingerprint density at radius 2 is 2.11 bits per heavy atom. The minimum absolute atomic E-state index is 0.00695. The van der Waals surface area contributed by atoms with Crippen molar-refractivity contribution in [1.29, 1.82) is 0 Å². The summed E-state index contributed by atoms with van der Waals surface area (Å²) in [5, 5.41) is 11.5. The van der Waals surface area contributed by atoms with Crippen LogP contribution in [0.3, 0.4) is 0 Å². The average Bonchev–Trinajstić information content (AvgIpc) is 2.42. The first kappa shape index (κ1) is 12.7. The van der Waals surface area contributed by atoms with Crippen LogP contribution in [-0.2, 0) is 0 Å². The molecule has 1 aromatic carbocycles. The van der Waals surface area contributed by atoms with Crippen molar-refractivity contribution >= 4 is 5.84 Å². The molecule has 0 aliphatic rings. The molecule has 0 aliphatic heterocycles. The number of oxime groups is 1. The zero-order chi connectivity index (χ0) is 13.8. The van der Waals surface area contributed by atoms with E-state index in [1.165, 1.54) is 24.5 Å². The molecule has 0 radical (unpaired) electrons. The third kappa shape index (κ3) is 2.76. The molecule has 7 heteroatoms. The van der Waals surface area contributed by atoms with Crippen molar-refractivity contribution in [3.05, 3.63) is 47.7 Å². The van der Waals surface area contributed by atoms with Gasteiger partial charge in [-0.1, -0.05) is 11.2 Å². The van der Waals surface area contributed by atoms with Crippen LogP contribution in [0.15, 0.2) is 35.7 Å². The highest BCUT2D eigenvalue weighted by atomic mass is 19.1. The van der Waals surface area contributed by atoms with Gasteiger partial charge in [-0.3, -0.25) is 0 Å². The average molecular weight is 262 g/mol. The summed E-state index contributed by atoms with van der Waals surface area (Å²) in [5.74, 6) is -0.854. The molecule has 0 amide bonds. The maximum Gasteiger partial charge on any atom is 0.249 e. The summed E-state index contributed by atoms with van der Waals surface area (Å²) in [6.45, 7) is 1.80. The molecule has 0 atom stereocenters. The highest BCUT2D eigenvalue weighted by molar-refractivity contribution is 5.97. The summed E-state index contributed by atoms with van der Waals surface area (Å²) >= 11 is 0. The lowest BCUT2D eigenvalue weighted by Gasteiger charge is -2.09. The summed E-state index contributed by atoms with van der Waals surface area (Å²) in [7, 11) is 0. The molecular weight excluding hydrogens is 251 g/mol. The van der Waals surface area contributed by atoms with E-state index in [-0.39, 0.29) is 23.2 Å². The third-order valence-electron chi connectivity index (χ3n) is 2.31. The molecule has 0 saturated carbocycles. The van der Waals surface area contributed by atoms with Crippen molar-refractivity contribution in [1.82, 2.24) is 9.97 Å². The summed E-state index contributed by atoms with van der Waals surface area (Å²) in [5.41, 5.74) is 6.30. The first-order chi connectivity index (χ1) is 9.11. The maximum atomic E-state index is 13.6. The summed E-state index contributed by atoms with van der Waals surface area (Å²) in [6.07, 6.45) is 2.71. The van der Waals surface area contributed by atoms with Crippen LogP contribution in [0.2, 0.25) is 0 Å². The number of amidine groups is 1. The normalized spacial score (nSPS) is 11.4. The second-order valence-corrected chi connectivity index (χ2v) is 3.73. The Morgan fingerprint density at radius 1 is 1.37 bits per heavy atom. The number of nitrogens with two attached hydrogens (primary N) is 1. The first-order valence-electron chi connectivity index (χ1n) is 5.34. The van der Waals surface area contributed by atoms with E-state index in [4.69, 9.17) is 15.7 Å². The number of aromatic nitrogens is 2. The lowest BCUT2D eigenvalue weighted by molar-refractivity contribution is 0.318. The molecular formula is C12H11FN4O2. The summed E-state index contributed by atoms with van der Waals surface area (Å²) < 4.78 is 18.9. The van der Waals surface area contributed by atoms with Crippen LogP contribution in [-0.4, -0.2) is 21.0 Å². The molecule has 19 heavy (non-hydrogen) atoms. The highest BCUT2D eigenvalue weighted by Crippen LogP contribution is 2.25. The number of benzene rings is 1. The van der Waals surface area contributed by atoms with Crippen LogP contribution in [0.4, 0.5) is 4.39 Å². The van der Waals surface area contributed by atoms with Gasteiger partial charge in [-0.05, 0) is 24.6 Å². The van der Waals surface area contributed by atoms with Crippen molar-refractivity contribution in [2.45, 2.75) is 6.92 Å². The van der Waals surface area contributed by atoms with Crippen LogP contribution in [0.25, 0.3) is 0 Å². The third-order valence-corrected chi connectivity index (χ3v) is 2.31. The lowest BCUT2D eigenvalue weighted by Crippen LogP contribution is -2.16. The molecule has 0 aliphatic carbocycles. The monoisotopic (exact) mass is 262 g/mol. The molecule has 98 valence electrons. The fourth-order valence-corrected chi connectivity index (χ4v) is 1.42. The van der Waals surface area contributed by atoms with Crippen molar-refractivity contribution in [2.75, 3.05) is 0 Å². The van der Waals surface area contributed by atoms with E-state index in [0.717, 1.165) is 5.56 Å². The minimum atomic E-state index is -0.540. The predicted molar refractivity (Wildman–Crippen MR) is 65.8 cm³/mol. The number of aryl methyl sites for hydroxylation is 1. The topological polar surface area (TPSA) is 93.6 Å². The molecule has 6 nitrogen and oxygen atoms in total.